The Labute approximate surface area is 98.8 Å². The van der Waals surface area contributed by atoms with E-state index in [-0.39, 0.29) is 0 Å². The van der Waals surface area contributed by atoms with Crippen LogP contribution in [0, 0.1) is 0 Å². The first-order chi connectivity index (χ1) is 7.77. The summed E-state index contributed by atoms with van der Waals surface area (Å²) in [5.74, 6) is 0.554. The number of hydrogen-bond donors (Lipinski definition) is 1. The first-order valence-electron chi connectivity index (χ1n) is 5.35. The van der Waals surface area contributed by atoms with Gasteiger partial charge in [0.15, 0.2) is 0 Å². The van der Waals surface area contributed by atoms with E-state index in [2.05, 4.69) is 5.10 Å². The van der Waals surface area contributed by atoms with Crippen molar-refractivity contribution in [1.29, 1.82) is 0 Å². The predicted octanol–water partition coefficient (Wildman–Crippen LogP) is 2.99. The van der Waals surface area contributed by atoms with E-state index in [0.717, 1.165) is 17.1 Å². The van der Waals surface area contributed by atoms with E-state index in [4.69, 9.17) is 17.3 Å². The Kier molecular flexibility index (Phi) is 2.14. The van der Waals surface area contributed by atoms with Crippen LogP contribution in [-0.4, -0.2) is 9.78 Å². The van der Waals surface area contributed by atoms with E-state index < -0.39 is 0 Å². The molecule has 1 saturated carbocycles. The minimum Gasteiger partial charge on any atom is -0.396 e. The number of hydrogen-bond acceptors (Lipinski definition) is 2. The molecule has 3 rings (SSSR count). The average Bonchev–Trinajstić information content (AvgIpc) is 3.04. The van der Waals surface area contributed by atoms with Crippen molar-refractivity contribution in [2.24, 2.45) is 0 Å². The molecule has 3 nitrogen and oxygen atoms in total. The smallest absolute Gasteiger partial charge is 0.0835 e. The van der Waals surface area contributed by atoms with Gasteiger partial charge in [-0.3, -0.25) is 0 Å². The molecule has 0 saturated heterocycles. The molecule has 1 aromatic heterocycles. The molecule has 0 amide bonds. The van der Waals surface area contributed by atoms with Crippen molar-refractivity contribution in [3.63, 3.8) is 0 Å². The van der Waals surface area contributed by atoms with Crippen molar-refractivity contribution in [3.05, 3.63) is 41.2 Å². The van der Waals surface area contributed by atoms with Gasteiger partial charge in [0, 0.05) is 5.92 Å². The van der Waals surface area contributed by atoms with Crippen LogP contribution >= 0.6 is 11.6 Å². The highest BCUT2D eigenvalue weighted by atomic mass is 35.5. The molecule has 16 heavy (non-hydrogen) atoms. The first kappa shape index (κ1) is 9.73. The summed E-state index contributed by atoms with van der Waals surface area (Å²) in [7, 11) is 0. The lowest BCUT2D eigenvalue weighted by molar-refractivity contribution is 0.809. The number of nitrogens with two attached hydrogens (primary N) is 1. The second-order valence-electron chi connectivity index (χ2n) is 4.12. The van der Waals surface area contributed by atoms with Crippen LogP contribution in [0.3, 0.4) is 0 Å². The zero-order chi connectivity index (χ0) is 11.1. The number of benzene rings is 1. The van der Waals surface area contributed by atoms with Crippen LogP contribution in [0.15, 0.2) is 30.5 Å². The normalized spacial score (nSPS) is 15.3. The van der Waals surface area contributed by atoms with Crippen LogP contribution in [-0.2, 0) is 0 Å². The molecule has 0 unspecified atom stereocenters. The Balaban J connectivity index is 2.16. The van der Waals surface area contributed by atoms with Crippen molar-refractivity contribution in [2.45, 2.75) is 18.8 Å². The van der Waals surface area contributed by atoms with Crippen LogP contribution in [0.2, 0.25) is 5.02 Å². The molecule has 1 heterocycles. The molecule has 82 valence electrons. The van der Waals surface area contributed by atoms with E-state index in [9.17, 15) is 0 Å². The average molecular weight is 234 g/mol. The number of halogens is 1. The number of aromatic nitrogens is 2. The van der Waals surface area contributed by atoms with Crippen LogP contribution in [0.5, 0.6) is 0 Å². The number of nitrogen functional groups attached to an aromatic ring is 1. The Morgan fingerprint density at radius 3 is 2.75 bits per heavy atom. The van der Waals surface area contributed by atoms with E-state index in [1.54, 1.807) is 6.20 Å². The fourth-order valence-corrected chi connectivity index (χ4v) is 2.17. The standard InChI is InChI=1S/C12H12ClN3/c13-9-3-1-2-4-11(9)16-12(8-5-6-8)10(14)7-15-16/h1-4,7-8H,5-6,14H2. The number of nitrogens with zero attached hydrogens (tertiary/aromatic N) is 2. The summed E-state index contributed by atoms with van der Waals surface area (Å²) in [4.78, 5) is 0. The fourth-order valence-electron chi connectivity index (χ4n) is 1.95. The third-order valence-corrected chi connectivity index (χ3v) is 3.20. The van der Waals surface area contributed by atoms with Gasteiger partial charge < -0.3 is 5.73 Å². The Morgan fingerprint density at radius 2 is 2.06 bits per heavy atom. The van der Waals surface area contributed by atoms with Gasteiger partial charge >= 0.3 is 0 Å². The maximum atomic E-state index is 6.16. The molecule has 0 bridgehead atoms. The highest BCUT2D eigenvalue weighted by molar-refractivity contribution is 6.32. The van der Waals surface area contributed by atoms with Crippen LogP contribution in [0.25, 0.3) is 5.69 Å². The van der Waals surface area contributed by atoms with Crippen LogP contribution in [0.1, 0.15) is 24.5 Å². The van der Waals surface area contributed by atoms with Gasteiger partial charge in [-0.25, -0.2) is 4.68 Å². The van der Waals surface area contributed by atoms with Crippen molar-refractivity contribution in [1.82, 2.24) is 9.78 Å². The third-order valence-electron chi connectivity index (χ3n) is 2.88. The summed E-state index contributed by atoms with van der Waals surface area (Å²) in [6.07, 6.45) is 4.09. The Hall–Kier alpha value is -1.48. The molecule has 0 spiro atoms. The minimum absolute atomic E-state index is 0.554. The summed E-state index contributed by atoms with van der Waals surface area (Å²) in [5.41, 5.74) is 8.72. The molecule has 1 aromatic carbocycles. The molecule has 0 radical (unpaired) electrons. The number of para-hydroxylation sites is 1. The molecule has 0 atom stereocenters. The molecule has 2 N–H and O–H groups in total. The third kappa shape index (κ3) is 1.48. The van der Waals surface area contributed by atoms with Gasteiger partial charge in [-0.05, 0) is 25.0 Å². The summed E-state index contributed by atoms with van der Waals surface area (Å²) < 4.78 is 1.87. The van der Waals surface area contributed by atoms with Crippen molar-refractivity contribution < 1.29 is 0 Å². The van der Waals surface area contributed by atoms with Crippen molar-refractivity contribution >= 4 is 17.3 Å². The molecular formula is C12H12ClN3. The zero-order valence-electron chi connectivity index (χ0n) is 8.73. The molecule has 2 aromatic rings. The minimum atomic E-state index is 0.554. The number of anilines is 1. The van der Waals surface area contributed by atoms with Crippen LogP contribution in [0.4, 0.5) is 5.69 Å². The van der Waals surface area contributed by atoms with Gasteiger partial charge in [-0.2, -0.15) is 5.10 Å². The van der Waals surface area contributed by atoms with Gasteiger partial charge in [0.05, 0.1) is 28.3 Å². The van der Waals surface area contributed by atoms with Gasteiger partial charge in [0.2, 0.25) is 0 Å². The van der Waals surface area contributed by atoms with Gasteiger partial charge in [0.1, 0.15) is 0 Å². The monoisotopic (exact) mass is 233 g/mol. The van der Waals surface area contributed by atoms with Gasteiger partial charge in [0.25, 0.3) is 0 Å². The lowest BCUT2D eigenvalue weighted by atomic mass is 10.2. The largest absolute Gasteiger partial charge is 0.396 e. The SMILES string of the molecule is Nc1cnn(-c2ccccc2Cl)c1C1CC1. The second-order valence-corrected chi connectivity index (χ2v) is 4.53. The molecule has 1 fully saturated rings. The molecule has 4 heteroatoms. The summed E-state index contributed by atoms with van der Waals surface area (Å²) in [5, 5.41) is 5.02. The highest BCUT2D eigenvalue weighted by Crippen LogP contribution is 2.43. The van der Waals surface area contributed by atoms with E-state index in [1.807, 2.05) is 28.9 Å². The predicted molar refractivity (Wildman–Crippen MR) is 65.0 cm³/mol. The molecule has 0 aliphatic heterocycles. The Bertz CT molecular complexity index is 529. The van der Waals surface area contributed by atoms with E-state index in [1.165, 1.54) is 12.8 Å². The van der Waals surface area contributed by atoms with Crippen molar-refractivity contribution in [3.8, 4) is 5.69 Å². The first-order valence-corrected chi connectivity index (χ1v) is 5.73. The lowest BCUT2D eigenvalue weighted by Gasteiger charge is -2.08. The molecule has 1 aliphatic carbocycles. The topological polar surface area (TPSA) is 43.8 Å². The molecular weight excluding hydrogens is 222 g/mol. The van der Waals surface area contributed by atoms with Crippen molar-refractivity contribution in [2.75, 3.05) is 5.73 Å². The lowest BCUT2D eigenvalue weighted by Crippen LogP contribution is -2.03. The highest BCUT2D eigenvalue weighted by Gasteiger charge is 2.30. The Morgan fingerprint density at radius 1 is 1.31 bits per heavy atom. The number of rotatable bonds is 2. The van der Waals surface area contributed by atoms with E-state index in [0.29, 0.717) is 10.9 Å². The summed E-state index contributed by atoms with van der Waals surface area (Å²) >= 11 is 6.16. The molecule has 1 aliphatic rings. The van der Waals surface area contributed by atoms with Gasteiger partial charge in [-0.15, -0.1) is 0 Å². The zero-order valence-corrected chi connectivity index (χ0v) is 9.48. The van der Waals surface area contributed by atoms with Crippen LogP contribution < -0.4 is 5.73 Å². The quantitative estimate of drug-likeness (QED) is 0.867. The fraction of sp³-hybridized carbons (Fsp3) is 0.250. The second kappa shape index (κ2) is 3.52. The maximum absolute atomic E-state index is 6.16. The maximum Gasteiger partial charge on any atom is 0.0835 e. The summed E-state index contributed by atoms with van der Waals surface area (Å²) in [6.45, 7) is 0. The van der Waals surface area contributed by atoms with E-state index >= 15 is 0 Å². The summed E-state index contributed by atoms with van der Waals surface area (Å²) in [6, 6.07) is 7.69. The van der Waals surface area contributed by atoms with Gasteiger partial charge in [-0.1, -0.05) is 23.7 Å².